The molecule has 0 atom stereocenters. The zero-order chi connectivity index (χ0) is 11.1. The van der Waals surface area contributed by atoms with Crippen molar-refractivity contribution in [2.24, 2.45) is 5.73 Å². The second-order valence-electron chi connectivity index (χ2n) is 3.11. The molecule has 82 valence electrons. The van der Waals surface area contributed by atoms with E-state index in [0.717, 1.165) is 11.4 Å². The van der Waals surface area contributed by atoms with Crippen molar-refractivity contribution >= 4 is 11.7 Å². The number of nitrogens with two attached hydrogens (primary N) is 1. The molecule has 0 aromatic carbocycles. The molecule has 0 unspecified atom stereocenters. The number of pyridine rings is 1. The summed E-state index contributed by atoms with van der Waals surface area (Å²) in [6.45, 7) is 2.96. The van der Waals surface area contributed by atoms with E-state index >= 15 is 0 Å². The molecule has 15 heavy (non-hydrogen) atoms. The van der Waals surface area contributed by atoms with Crippen LogP contribution in [0.25, 0.3) is 0 Å². The van der Waals surface area contributed by atoms with E-state index in [4.69, 9.17) is 10.5 Å². The first-order chi connectivity index (χ1) is 7.20. The molecule has 0 saturated heterocycles. The van der Waals surface area contributed by atoms with Gasteiger partial charge in [-0.05, 0) is 18.6 Å². The predicted molar refractivity (Wildman–Crippen MR) is 57.5 cm³/mol. The van der Waals surface area contributed by atoms with E-state index in [0.29, 0.717) is 13.2 Å². The Morgan fingerprint density at radius 2 is 2.47 bits per heavy atom. The number of ether oxygens (including phenoxy) is 1. The summed E-state index contributed by atoms with van der Waals surface area (Å²) in [6.07, 6.45) is 1.72. The summed E-state index contributed by atoms with van der Waals surface area (Å²) in [5.41, 5.74) is 5.99. The number of amides is 1. The third-order valence-electron chi connectivity index (χ3n) is 1.79. The molecule has 1 aromatic rings. The van der Waals surface area contributed by atoms with Gasteiger partial charge in [0.25, 0.3) is 0 Å². The lowest BCUT2D eigenvalue weighted by atomic mass is 10.3. The Morgan fingerprint density at radius 3 is 3.13 bits per heavy atom. The van der Waals surface area contributed by atoms with Crippen LogP contribution in [-0.2, 0) is 9.53 Å². The molecule has 1 rings (SSSR count). The molecule has 0 saturated carbocycles. The van der Waals surface area contributed by atoms with Crippen LogP contribution in [0.1, 0.15) is 5.56 Å². The van der Waals surface area contributed by atoms with Crippen molar-refractivity contribution in [2.45, 2.75) is 6.92 Å². The Kier molecular flexibility index (Phi) is 4.56. The number of hydrogen-bond donors (Lipinski definition) is 2. The number of carbonyl (C=O) groups is 1. The molecule has 0 fully saturated rings. The van der Waals surface area contributed by atoms with E-state index < -0.39 is 5.91 Å². The lowest BCUT2D eigenvalue weighted by Crippen LogP contribution is -2.20. The number of aromatic nitrogens is 1. The molecule has 0 spiro atoms. The van der Waals surface area contributed by atoms with Crippen LogP contribution in [-0.4, -0.2) is 30.6 Å². The van der Waals surface area contributed by atoms with Gasteiger partial charge in [0.1, 0.15) is 12.4 Å². The largest absolute Gasteiger partial charge is 0.370 e. The number of hydrogen-bond acceptors (Lipinski definition) is 4. The SMILES string of the molecule is Cc1cccnc1NCCOCC(N)=O. The van der Waals surface area contributed by atoms with Gasteiger partial charge in [0.2, 0.25) is 5.91 Å². The van der Waals surface area contributed by atoms with Gasteiger partial charge in [0.15, 0.2) is 0 Å². The van der Waals surface area contributed by atoms with Crippen molar-refractivity contribution in [1.82, 2.24) is 4.98 Å². The maximum Gasteiger partial charge on any atom is 0.243 e. The molecular formula is C10H15N3O2. The first-order valence-electron chi connectivity index (χ1n) is 4.71. The van der Waals surface area contributed by atoms with E-state index in [2.05, 4.69) is 10.3 Å². The standard InChI is InChI=1S/C10H15N3O2/c1-8-3-2-4-12-10(8)13-5-6-15-7-9(11)14/h2-4H,5-7H2,1H3,(H2,11,14)(H,12,13). The fraction of sp³-hybridized carbons (Fsp3) is 0.400. The molecule has 5 heteroatoms. The highest BCUT2D eigenvalue weighted by molar-refractivity contribution is 5.74. The summed E-state index contributed by atoms with van der Waals surface area (Å²) < 4.78 is 4.99. The summed E-state index contributed by atoms with van der Waals surface area (Å²) in [5, 5.41) is 3.10. The van der Waals surface area contributed by atoms with E-state index in [1.54, 1.807) is 6.20 Å². The van der Waals surface area contributed by atoms with Gasteiger partial charge < -0.3 is 15.8 Å². The summed E-state index contributed by atoms with van der Waals surface area (Å²) in [7, 11) is 0. The molecular weight excluding hydrogens is 194 g/mol. The van der Waals surface area contributed by atoms with Crippen molar-refractivity contribution in [3.63, 3.8) is 0 Å². The minimum Gasteiger partial charge on any atom is -0.370 e. The van der Waals surface area contributed by atoms with Crippen LogP contribution in [0.15, 0.2) is 18.3 Å². The van der Waals surface area contributed by atoms with Crippen molar-refractivity contribution in [2.75, 3.05) is 25.1 Å². The van der Waals surface area contributed by atoms with E-state index in [-0.39, 0.29) is 6.61 Å². The topological polar surface area (TPSA) is 77.2 Å². The normalized spacial score (nSPS) is 9.93. The molecule has 3 N–H and O–H groups in total. The smallest absolute Gasteiger partial charge is 0.243 e. The van der Waals surface area contributed by atoms with Gasteiger partial charge in [-0.3, -0.25) is 4.79 Å². The lowest BCUT2D eigenvalue weighted by Gasteiger charge is -2.07. The number of aryl methyl sites for hydroxylation is 1. The highest BCUT2D eigenvalue weighted by atomic mass is 16.5. The quantitative estimate of drug-likeness (QED) is 0.661. The van der Waals surface area contributed by atoms with Gasteiger partial charge in [-0.2, -0.15) is 0 Å². The van der Waals surface area contributed by atoms with E-state index in [9.17, 15) is 4.79 Å². The van der Waals surface area contributed by atoms with Crippen LogP contribution >= 0.6 is 0 Å². The summed E-state index contributed by atoms with van der Waals surface area (Å²) in [6, 6.07) is 3.85. The van der Waals surface area contributed by atoms with Crippen molar-refractivity contribution in [3.05, 3.63) is 23.9 Å². The molecule has 0 aliphatic rings. The molecule has 5 nitrogen and oxygen atoms in total. The highest BCUT2D eigenvalue weighted by Gasteiger charge is 1.97. The average Bonchev–Trinajstić information content (AvgIpc) is 2.20. The number of rotatable bonds is 6. The minimum atomic E-state index is -0.455. The van der Waals surface area contributed by atoms with Crippen LogP contribution in [0.4, 0.5) is 5.82 Å². The number of anilines is 1. The maximum absolute atomic E-state index is 10.4. The van der Waals surface area contributed by atoms with Crippen LogP contribution in [0.2, 0.25) is 0 Å². The van der Waals surface area contributed by atoms with Crippen LogP contribution in [0, 0.1) is 6.92 Å². The Morgan fingerprint density at radius 1 is 1.67 bits per heavy atom. The number of nitrogens with one attached hydrogen (secondary N) is 1. The number of carbonyl (C=O) groups excluding carboxylic acids is 1. The summed E-state index contributed by atoms with van der Waals surface area (Å²) >= 11 is 0. The molecule has 0 radical (unpaired) electrons. The maximum atomic E-state index is 10.4. The Bertz CT molecular complexity index is 328. The van der Waals surface area contributed by atoms with Crippen molar-refractivity contribution in [3.8, 4) is 0 Å². The third-order valence-corrected chi connectivity index (χ3v) is 1.79. The number of nitrogens with zero attached hydrogens (tertiary/aromatic N) is 1. The van der Waals surface area contributed by atoms with Crippen LogP contribution in [0.3, 0.4) is 0 Å². The Hall–Kier alpha value is -1.62. The minimum absolute atomic E-state index is 0.0388. The second kappa shape index (κ2) is 5.98. The van der Waals surface area contributed by atoms with Crippen molar-refractivity contribution < 1.29 is 9.53 Å². The second-order valence-corrected chi connectivity index (χ2v) is 3.11. The first kappa shape index (κ1) is 11.5. The number of primary amides is 1. The molecule has 0 aliphatic carbocycles. The molecule has 1 heterocycles. The zero-order valence-electron chi connectivity index (χ0n) is 8.69. The zero-order valence-corrected chi connectivity index (χ0v) is 8.69. The van der Waals surface area contributed by atoms with E-state index in [1.165, 1.54) is 0 Å². The van der Waals surface area contributed by atoms with Gasteiger partial charge in [0.05, 0.1) is 6.61 Å². The van der Waals surface area contributed by atoms with Gasteiger partial charge in [-0.15, -0.1) is 0 Å². The first-order valence-corrected chi connectivity index (χ1v) is 4.71. The summed E-state index contributed by atoms with van der Waals surface area (Å²) in [4.78, 5) is 14.5. The monoisotopic (exact) mass is 209 g/mol. The molecule has 0 bridgehead atoms. The van der Waals surface area contributed by atoms with E-state index in [1.807, 2.05) is 19.1 Å². The van der Waals surface area contributed by atoms with Crippen LogP contribution < -0.4 is 11.1 Å². The summed E-state index contributed by atoms with van der Waals surface area (Å²) in [5.74, 6) is 0.379. The van der Waals surface area contributed by atoms with Gasteiger partial charge >= 0.3 is 0 Å². The fourth-order valence-electron chi connectivity index (χ4n) is 1.09. The Labute approximate surface area is 88.6 Å². The fourth-order valence-corrected chi connectivity index (χ4v) is 1.09. The highest BCUT2D eigenvalue weighted by Crippen LogP contribution is 2.07. The van der Waals surface area contributed by atoms with Gasteiger partial charge in [-0.1, -0.05) is 6.07 Å². The Balaban J connectivity index is 2.21. The van der Waals surface area contributed by atoms with Gasteiger partial charge in [0, 0.05) is 12.7 Å². The van der Waals surface area contributed by atoms with Crippen molar-refractivity contribution in [1.29, 1.82) is 0 Å². The lowest BCUT2D eigenvalue weighted by molar-refractivity contribution is -0.122. The third kappa shape index (κ3) is 4.42. The average molecular weight is 209 g/mol. The van der Waals surface area contributed by atoms with Crippen LogP contribution in [0.5, 0.6) is 0 Å². The van der Waals surface area contributed by atoms with Gasteiger partial charge in [-0.25, -0.2) is 4.98 Å². The predicted octanol–water partition coefficient (Wildman–Crippen LogP) is 0.304. The molecule has 1 amide bonds. The molecule has 0 aliphatic heterocycles. The molecule has 1 aromatic heterocycles.